The molecular weight excluding hydrogens is 896 g/mol. The average molecular weight is 1020 g/mol. The van der Waals surface area contributed by atoms with E-state index in [2.05, 4.69) is 133 Å². The smallest absolute Gasteiger partial charge is 0.0123 e. The summed E-state index contributed by atoms with van der Waals surface area (Å²) in [6.45, 7) is 14.2. The minimum absolute atomic E-state index is 0.181. The fourth-order valence-corrected chi connectivity index (χ4v) is 15.5. The molecule has 0 bridgehead atoms. The average Bonchev–Trinajstić information content (AvgIpc) is 3.39. The first kappa shape index (κ1) is 65.4. The van der Waals surface area contributed by atoms with Crippen molar-refractivity contribution in [2.24, 2.45) is 17.8 Å². The molecule has 0 spiro atoms. The molecule has 0 N–H and O–H groups in total. The van der Waals surface area contributed by atoms with Gasteiger partial charge in [0.15, 0.2) is 0 Å². The fourth-order valence-electron chi connectivity index (χ4n) is 12.0. The van der Waals surface area contributed by atoms with Gasteiger partial charge in [-0.25, -0.2) is 0 Å². The Bertz CT molecular complexity index is 1370. The fraction of sp³-hybridized carbons (Fsp3) is 0.750. The summed E-state index contributed by atoms with van der Waals surface area (Å²) in [4.78, 5) is 0. The molecule has 416 valence electrons. The summed E-state index contributed by atoms with van der Waals surface area (Å²) in [5, 5.41) is 0. The van der Waals surface area contributed by atoms with Gasteiger partial charge in [0, 0.05) is 0 Å². The molecule has 0 aromatic heterocycles. The van der Waals surface area contributed by atoms with E-state index in [4.69, 9.17) is 0 Å². The minimum atomic E-state index is -0.181. The van der Waals surface area contributed by atoms with Crippen molar-refractivity contribution in [1.29, 1.82) is 0 Å². The van der Waals surface area contributed by atoms with Crippen LogP contribution in [0.15, 0.2) is 91.0 Å². The summed E-state index contributed by atoms with van der Waals surface area (Å²) in [6.07, 6.45) is 59.9. The first-order chi connectivity index (χ1) is 35.8. The molecule has 3 atom stereocenters. The molecule has 0 radical (unpaired) electrons. The number of hydrogen-bond acceptors (Lipinski definition) is 0. The lowest BCUT2D eigenvalue weighted by Gasteiger charge is -2.32. The summed E-state index contributed by atoms with van der Waals surface area (Å²) in [5.41, 5.74) is 4.86. The number of benzene rings is 3. The van der Waals surface area contributed by atoms with Gasteiger partial charge in [0.25, 0.3) is 0 Å². The zero-order valence-corrected chi connectivity index (χ0v) is 50.7. The highest BCUT2D eigenvalue weighted by atomic mass is 31.1. The maximum absolute atomic E-state index is 2.49. The summed E-state index contributed by atoms with van der Waals surface area (Å²) in [6, 6.07) is 35.7. The van der Waals surface area contributed by atoms with E-state index in [0.29, 0.717) is 17.8 Å². The highest BCUT2D eigenvalue weighted by molar-refractivity contribution is 7.57. The Morgan fingerprint density at radius 3 is 0.562 bits per heavy atom. The Balaban J connectivity index is 1.64. The summed E-state index contributed by atoms with van der Waals surface area (Å²) >= 11 is 0. The largest absolute Gasteiger partial charge is 0.105 e. The van der Waals surface area contributed by atoms with E-state index in [1.165, 1.54) is 269 Å². The van der Waals surface area contributed by atoms with Gasteiger partial charge in [-0.3, -0.25) is 0 Å². The molecule has 0 aliphatic heterocycles. The van der Waals surface area contributed by atoms with E-state index >= 15 is 0 Å². The number of hydrogen-bond donors (Lipinski definition) is 0. The predicted molar refractivity (Wildman–Crippen MR) is 334 cm³/mol. The van der Waals surface area contributed by atoms with Crippen LogP contribution in [-0.2, 0) is 0 Å². The predicted octanol–water partition coefficient (Wildman–Crippen LogP) is 25.0. The monoisotopic (exact) mass is 1020 g/mol. The second-order valence-electron chi connectivity index (χ2n) is 25.1. The zero-order valence-electron chi connectivity index (χ0n) is 49.8. The number of rotatable bonds is 51. The first-order valence-electron chi connectivity index (χ1n) is 32.7. The van der Waals surface area contributed by atoms with Crippen LogP contribution in [0, 0.1) is 17.8 Å². The number of unbranched alkanes of at least 4 members (excludes halogenated alkanes) is 30. The van der Waals surface area contributed by atoms with E-state index in [-0.39, 0.29) is 7.92 Å². The van der Waals surface area contributed by atoms with Gasteiger partial charge in [-0.15, -0.1) is 7.92 Å². The highest BCUT2D eigenvalue weighted by Gasteiger charge is 2.26. The van der Waals surface area contributed by atoms with Crippen molar-refractivity contribution >= 4 is 7.92 Å². The Morgan fingerprint density at radius 2 is 0.384 bits per heavy atom. The SMILES string of the molecule is CC(C)CCCCCCCCCCCCCC(CP(CC(CCCCCCCCCCCCCC(C)C)c1ccccc1)CC(CCCCCCCCCCCCCC(C)C)c1ccccc1)c1ccccc1. The molecule has 0 nitrogen and oxygen atoms in total. The molecule has 0 saturated heterocycles. The molecule has 3 aromatic rings. The van der Waals surface area contributed by atoms with Gasteiger partial charge in [0.05, 0.1) is 0 Å². The lowest BCUT2D eigenvalue weighted by Crippen LogP contribution is -2.15. The topological polar surface area (TPSA) is 0 Å². The van der Waals surface area contributed by atoms with Crippen LogP contribution in [0.3, 0.4) is 0 Å². The van der Waals surface area contributed by atoms with Crippen LogP contribution in [0.2, 0.25) is 0 Å². The summed E-state index contributed by atoms with van der Waals surface area (Å²) in [5.74, 6) is 4.63. The molecular formula is C72H123P. The Labute approximate surface area is 459 Å². The van der Waals surface area contributed by atoms with Crippen LogP contribution >= 0.6 is 7.92 Å². The van der Waals surface area contributed by atoms with Crippen molar-refractivity contribution in [3.05, 3.63) is 108 Å². The van der Waals surface area contributed by atoms with Crippen LogP contribution in [0.4, 0.5) is 0 Å². The van der Waals surface area contributed by atoms with E-state index in [9.17, 15) is 0 Å². The molecule has 1 heteroatoms. The van der Waals surface area contributed by atoms with Crippen molar-refractivity contribution in [1.82, 2.24) is 0 Å². The van der Waals surface area contributed by atoms with Crippen molar-refractivity contribution in [3.8, 4) is 0 Å². The van der Waals surface area contributed by atoms with Crippen LogP contribution in [-0.4, -0.2) is 18.5 Å². The van der Waals surface area contributed by atoms with E-state index in [1.54, 1.807) is 16.7 Å². The van der Waals surface area contributed by atoms with Gasteiger partial charge in [-0.1, -0.05) is 364 Å². The van der Waals surface area contributed by atoms with Gasteiger partial charge < -0.3 is 0 Å². The summed E-state index contributed by atoms with van der Waals surface area (Å²) < 4.78 is 0. The maximum atomic E-state index is 2.49. The minimum Gasteiger partial charge on any atom is -0.105 e. The third-order valence-corrected chi connectivity index (χ3v) is 19.6. The van der Waals surface area contributed by atoms with Crippen molar-refractivity contribution in [2.75, 3.05) is 18.5 Å². The summed E-state index contributed by atoms with van der Waals surface area (Å²) in [7, 11) is -0.181. The molecule has 3 rings (SSSR count). The second kappa shape index (κ2) is 46.2. The van der Waals surface area contributed by atoms with E-state index in [1.807, 2.05) is 0 Å². The molecule has 0 heterocycles. The Morgan fingerprint density at radius 1 is 0.219 bits per heavy atom. The standard InChI is InChI=1S/C72H123P/c1-64(2)49-37-28-22-16-10-7-13-19-25-31-40-58-70(67-52-43-34-44-53-67)61-73(62-71(68-54-45-35-46-55-68)59-41-32-26-20-14-8-11-17-23-29-38-50-65(3)4)63-72(69-56-47-36-48-57-69)60-42-33-27-21-15-9-12-18-24-30-39-51-66(5)6/h34-36,43-48,52-57,64-66,70-72H,7-33,37-42,49-51,58-63H2,1-6H3. The van der Waals surface area contributed by atoms with Crippen LogP contribution < -0.4 is 0 Å². The molecule has 73 heavy (non-hydrogen) atoms. The highest BCUT2D eigenvalue weighted by Crippen LogP contribution is 2.50. The van der Waals surface area contributed by atoms with Gasteiger partial charge in [-0.2, -0.15) is 0 Å². The molecule has 0 fully saturated rings. The third-order valence-electron chi connectivity index (χ3n) is 16.8. The van der Waals surface area contributed by atoms with Gasteiger partial charge >= 0.3 is 0 Å². The van der Waals surface area contributed by atoms with Crippen molar-refractivity contribution in [3.63, 3.8) is 0 Å². The van der Waals surface area contributed by atoms with Crippen molar-refractivity contribution < 1.29 is 0 Å². The maximum Gasteiger partial charge on any atom is -0.0123 e. The zero-order chi connectivity index (χ0) is 52.1. The Hall–Kier alpha value is -1.91. The normalized spacial score (nSPS) is 13.6. The molecule has 0 aliphatic carbocycles. The second-order valence-corrected chi connectivity index (χ2v) is 27.6. The van der Waals surface area contributed by atoms with E-state index in [0.717, 1.165) is 17.8 Å². The van der Waals surface area contributed by atoms with Crippen LogP contribution in [0.25, 0.3) is 0 Å². The molecule has 0 aliphatic rings. The van der Waals surface area contributed by atoms with Gasteiger partial charge in [0.2, 0.25) is 0 Å². The molecule has 3 unspecified atom stereocenters. The quantitative estimate of drug-likeness (QED) is 0.0390. The van der Waals surface area contributed by atoms with Crippen LogP contribution in [0.1, 0.15) is 326 Å². The molecule has 0 amide bonds. The lowest BCUT2D eigenvalue weighted by atomic mass is 9.94. The van der Waals surface area contributed by atoms with Crippen molar-refractivity contribution in [2.45, 2.75) is 310 Å². The van der Waals surface area contributed by atoms with Gasteiger partial charge in [-0.05, 0) is 89.9 Å². The third kappa shape index (κ3) is 36.7. The van der Waals surface area contributed by atoms with E-state index < -0.39 is 0 Å². The van der Waals surface area contributed by atoms with Crippen LogP contribution in [0.5, 0.6) is 0 Å². The molecule has 3 aromatic carbocycles. The first-order valence-corrected chi connectivity index (χ1v) is 34.6. The van der Waals surface area contributed by atoms with Gasteiger partial charge in [0.1, 0.15) is 0 Å². The Kier molecular flexibility index (Phi) is 41.4. The molecule has 0 saturated carbocycles. The lowest BCUT2D eigenvalue weighted by molar-refractivity contribution is 0.501.